The van der Waals surface area contributed by atoms with E-state index in [-0.39, 0.29) is 17.7 Å². The molecule has 0 aliphatic carbocycles. The summed E-state index contributed by atoms with van der Waals surface area (Å²) in [6.45, 7) is 6.33. The lowest BCUT2D eigenvalue weighted by molar-refractivity contribution is -0.126. The maximum absolute atomic E-state index is 12.9. The third-order valence-corrected chi connectivity index (χ3v) is 9.14. The molecule has 2 aromatic rings. The number of rotatable bonds is 8. The van der Waals surface area contributed by atoms with Crippen LogP contribution in [0.5, 0.6) is 0 Å². The zero-order chi connectivity index (χ0) is 25.0. The monoisotopic (exact) mass is 498 g/mol. The van der Waals surface area contributed by atoms with Gasteiger partial charge in [0, 0.05) is 56.4 Å². The summed E-state index contributed by atoms with van der Waals surface area (Å²) in [6, 6.07) is 15.3. The van der Waals surface area contributed by atoms with Crippen LogP contribution in [0.15, 0.2) is 48.5 Å². The first kappa shape index (κ1) is 25.3. The van der Waals surface area contributed by atoms with E-state index < -0.39 is 10.2 Å². The highest BCUT2D eigenvalue weighted by Crippen LogP contribution is 2.30. The van der Waals surface area contributed by atoms with Crippen molar-refractivity contribution in [3.8, 4) is 0 Å². The van der Waals surface area contributed by atoms with Gasteiger partial charge in [-0.2, -0.15) is 17.0 Å². The van der Waals surface area contributed by atoms with Crippen molar-refractivity contribution in [1.82, 2.24) is 13.9 Å². The molecule has 2 aliphatic rings. The molecular weight excluding hydrogens is 464 g/mol. The zero-order valence-corrected chi connectivity index (χ0v) is 21.3. The SMILES string of the molecule is CCN(CC)S(=O)(=O)N1CCC(C(=O)NCc2ccc3c(c2)CCN3C(=O)c2ccccc2)CC1. The Morgan fingerprint density at radius 1 is 1.00 bits per heavy atom. The Hall–Kier alpha value is -2.75. The van der Waals surface area contributed by atoms with E-state index in [2.05, 4.69) is 11.4 Å². The molecule has 188 valence electrons. The Kier molecular flexibility index (Phi) is 7.88. The average Bonchev–Trinajstić information content (AvgIpc) is 3.31. The zero-order valence-electron chi connectivity index (χ0n) is 20.4. The largest absolute Gasteiger partial charge is 0.352 e. The average molecular weight is 499 g/mol. The van der Waals surface area contributed by atoms with Gasteiger partial charge in [0.25, 0.3) is 16.1 Å². The van der Waals surface area contributed by atoms with Crippen LogP contribution in [-0.2, 0) is 28.0 Å². The number of anilines is 1. The number of carbonyl (C=O) groups is 2. The first-order valence-electron chi connectivity index (χ1n) is 12.4. The van der Waals surface area contributed by atoms with Gasteiger partial charge in [0.15, 0.2) is 0 Å². The number of hydrogen-bond acceptors (Lipinski definition) is 4. The van der Waals surface area contributed by atoms with E-state index in [1.165, 1.54) is 8.61 Å². The van der Waals surface area contributed by atoms with Crippen LogP contribution in [0.1, 0.15) is 48.2 Å². The quantitative estimate of drug-likeness (QED) is 0.606. The van der Waals surface area contributed by atoms with Crippen LogP contribution in [0.4, 0.5) is 5.69 Å². The minimum absolute atomic E-state index is 0.000228. The molecule has 0 saturated carbocycles. The number of amides is 2. The lowest BCUT2D eigenvalue weighted by Crippen LogP contribution is -2.48. The molecular formula is C26H34N4O4S. The molecule has 0 radical (unpaired) electrons. The Morgan fingerprint density at radius 2 is 1.69 bits per heavy atom. The van der Waals surface area contributed by atoms with Gasteiger partial charge < -0.3 is 10.2 Å². The van der Waals surface area contributed by atoms with Crippen molar-refractivity contribution in [2.75, 3.05) is 37.6 Å². The van der Waals surface area contributed by atoms with Gasteiger partial charge in [-0.1, -0.05) is 44.2 Å². The van der Waals surface area contributed by atoms with Crippen molar-refractivity contribution in [1.29, 1.82) is 0 Å². The molecule has 8 nitrogen and oxygen atoms in total. The lowest BCUT2D eigenvalue weighted by Gasteiger charge is -2.33. The molecule has 2 aromatic carbocycles. The Morgan fingerprint density at radius 3 is 2.34 bits per heavy atom. The normalized spacial score (nSPS) is 16.9. The third-order valence-electron chi connectivity index (χ3n) is 6.95. The van der Waals surface area contributed by atoms with E-state index in [1.54, 1.807) is 0 Å². The van der Waals surface area contributed by atoms with Gasteiger partial charge in [-0.05, 0) is 48.6 Å². The Labute approximate surface area is 208 Å². The first-order chi connectivity index (χ1) is 16.8. The summed E-state index contributed by atoms with van der Waals surface area (Å²) in [4.78, 5) is 27.4. The number of fused-ring (bicyclic) bond motifs is 1. The van der Waals surface area contributed by atoms with E-state index in [4.69, 9.17) is 0 Å². The second kappa shape index (κ2) is 10.9. The number of piperidine rings is 1. The lowest BCUT2D eigenvalue weighted by atomic mass is 9.97. The van der Waals surface area contributed by atoms with E-state index in [1.807, 2.05) is 61.2 Å². The fraction of sp³-hybridized carbons (Fsp3) is 0.462. The van der Waals surface area contributed by atoms with E-state index in [0.717, 1.165) is 23.2 Å². The minimum Gasteiger partial charge on any atom is -0.352 e. The summed E-state index contributed by atoms with van der Waals surface area (Å²) in [5, 5.41) is 3.02. The standard InChI is InChI=1S/C26H34N4O4S/c1-3-28(4-2)35(33,34)29-15-12-21(13-16-29)25(31)27-19-20-10-11-24-23(18-20)14-17-30(24)26(32)22-8-6-5-7-9-22/h5-11,18,21H,3-4,12-17,19H2,1-2H3,(H,27,31). The van der Waals surface area contributed by atoms with Crippen LogP contribution in [-0.4, -0.2) is 61.6 Å². The molecule has 2 heterocycles. The van der Waals surface area contributed by atoms with Gasteiger partial charge in [0.2, 0.25) is 5.91 Å². The number of benzene rings is 2. The highest BCUT2D eigenvalue weighted by atomic mass is 32.2. The van der Waals surface area contributed by atoms with Crippen molar-refractivity contribution >= 4 is 27.7 Å². The van der Waals surface area contributed by atoms with Gasteiger partial charge in [0.1, 0.15) is 0 Å². The van der Waals surface area contributed by atoms with Gasteiger partial charge in [-0.3, -0.25) is 9.59 Å². The molecule has 1 fully saturated rings. The molecule has 0 aromatic heterocycles. The maximum atomic E-state index is 12.9. The van der Waals surface area contributed by atoms with Crippen molar-refractivity contribution in [2.45, 2.75) is 39.7 Å². The molecule has 2 amide bonds. The molecule has 0 bridgehead atoms. The predicted octanol–water partition coefficient (Wildman–Crippen LogP) is 2.80. The maximum Gasteiger partial charge on any atom is 0.281 e. The molecule has 35 heavy (non-hydrogen) atoms. The summed E-state index contributed by atoms with van der Waals surface area (Å²) in [7, 11) is -3.46. The summed E-state index contributed by atoms with van der Waals surface area (Å²) < 4.78 is 28.3. The van der Waals surface area contributed by atoms with Gasteiger partial charge in [0.05, 0.1) is 0 Å². The summed E-state index contributed by atoms with van der Waals surface area (Å²) in [6.07, 6.45) is 1.83. The van der Waals surface area contributed by atoms with Gasteiger partial charge in [-0.15, -0.1) is 0 Å². The fourth-order valence-corrected chi connectivity index (χ4v) is 6.56. The Bertz CT molecular complexity index is 1160. The number of nitrogens with one attached hydrogen (secondary N) is 1. The van der Waals surface area contributed by atoms with E-state index in [0.29, 0.717) is 57.7 Å². The van der Waals surface area contributed by atoms with E-state index >= 15 is 0 Å². The van der Waals surface area contributed by atoms with Crippen LogP contribution >= 0.6 is 0 Å². The predicted molar refractivity (Wildman–Crippen MR) is 136 cm³/mol. The molecule has 4 rings (SSSR count). The third kappa shape index (κ3) is 5.42. The van der Waals surface area contributed by atoms with Gasteiger partial charge >= 0.3 is 0 Å². The van der Waals surface area contributed by atoms with Crippen LogP contribution in [0.25, 0.3) is 0 Å². The first-order valence-corrected chi connectivity index (χ1v) is 13.8. The van der Waals surface area contributed by atoms with E-state index in [9.17, 15) is 18.0 Å². The summed E-state index contributed by atoms with van der Waals surface area (Å²) in [5.41, 5.74) is 3.70. The van der Waals surface area contributed by atoms with Crippen molar-refractivity contribution in [3.63, 3.8) is 0 Å². The molecule has 0 unspecified atom stereocenters. The molecule has 0 spiro atoms. The smallest absolute Gasteiger partial charge is 0.281 e. The minimum atomic E-state index is -3.46. The van der Waals surface area contributed by atoms with Crippen LogP contribution in [0.3, 0.4) is 0 Å². The van der Waals surface area contributed by atoms with Crippen molar-refractivity contribution in [2.24, 2.45) is 5.92 Å². The second-order valence-corrected chi connectivity index (χ2v) is 10.9. The molecule has 0 atom stereocenters. The number of carbonyl (C=O) groups excluding carboxylic acids is 2. The van der Waals surface area contributed by atoms with Crippen LogP contribution < -0.4 is 10.2 Å². The Balaban J connectivity index is 1.31. The van der Waals surface area contributed by atoms with Crippen LogP contribution in [0.2, 0.25) is 0 Å². The van der Waals surface area contributed by atoms with Crippen LogP contribution in [0, 0.1) is 5.92 Å². The van der Waals surface area contributed by atoms with Crippen molar-refractivity contribution < 1.29 is 18.0 Å². The summed E-state index contributed by atoms with van der Waals surface area (Å²) in [5.74, 6) is -0.224. The number of hydrogen-bond donors (Lipinski definition) is 1. The highest BCUT2D eigenvalue weighted by Gasteiger charge is 2.33. The summed E-state index contributed by atoms with van der Waals surface area (Å²) >= 11 is 0. The van der Waals surface area contributed by atoms with Gasteiger partial charge in [-0.25, -0.2) is 0 Å². The molecule has 1 saturated heterocycles. The number of nitrogens with zero attached hydrogens (tertiary/aromatic N) is 3. The second-order valence-electron chi connectivity index (χ2n) is 9.02. The molecule has 2 aliphatic heterocycles. The molecule has 9 heteroatoms. The topological polar surface area (TPSA) is 90.0 Å². The van der Waals surface area contributed by atoms with Crippen molar-refractivity contribution in [3.05, 3.63) is 65.2 Å². The highest BCUT2D eigenvalue weighted by molar-refractivity contribution is 7.86. The molecule has 1 N–H and O–H groups in total. The fourth-order valence-electron chi connectivity index (χ4n) is 4.91.